The molecule has 27 heavy (non-hydrogen) atoms. The molecule has 0 radical (unpaired) electrons. The number of phenolic OH excluding ortho intramolecular Hbond substituents is 2. The van der Waals surface area contributed by atoms with E-state index in [9.17, 15) is 15.3 Å². The van der Waals surface area contributed by atoms with Crippen LogP contribution in [0, 0.1) is 11.8 Å². The molecule has 0 amide bonds. The van der Waals surface area contributed by atoms with Gasteiger partial charge in [-0.25, -0.2) is 0 Å². The lowest BCUT2D eigenvalue weighted by Crippen LogP contribution is -2.26. The molecule has 6 heteroatoms. The highest BCUT2D eigenvalue weighted by molar-refractivity contribution is 5.43. The Labute approximate surface area is 159 Å². The summed E-state index contributed by atoms with van der Waals surface area (Å²) in [6, 6.07) is 10.3. The van der Waals surface area contributed by atoms with Crippen molar-refractivity contribution in [1.29, 1.82) is 0 Å². The van der Waals surface area contributed by atoms with E-state index >= 15 is 0 Å². The second-order valence-corrected chi connectivity index (χ2v) is 6.62. The van der Waals surface area contributed by atoms with Crippen molar-refractivity contribution in [1.82, 2.24) is 0 Å². The first-order valence-corrected chi connectivity index (χ1v) is 8.81. The van der Waals surface area contributed by atoms with E-state index in [4.69, 9.17) is 14.2 Å². The van der Waals surface area contributed by atoms with Crippen molar-refractivity contribution < 1.29 is 29.5 Å². The average Bonchev–Trinajstić information content (AvgIpc) is 2.67. The largest absolute Gasteiger partial charge is 0.504 e. The Hall–Kier alpha value is -2.44. The molecule has 0 bridgehead atoms. The Morgan fingerprint density at radius 1 is 0.889 bits per heavy atom. The lowest BCUT2D eigenvalue weighted by atomic mass is 9.82. The van der Waals surface area contributed by atoms with Gasteiger partial charge in [-0.3, -0.25) is 0 Å². The summed E-state index contributed by atoms with van der Waals surface area (Å²) >= 11 is 0. The van der Waals surface area contributed by atoms with Crippen LogP contribution in [0.1, 0.15) is 24.2 Å². The minimum absolute atomic E-state index is 0.0564. The van der Waals surface area contributed by atoms with Gasteiger partial charge in [0, 0.05) is 19.6 Å². The maximum absolute atomic E-state index is 10.0. The van der Waals surface area contributed by atoms with Gasteiger partial charge >= 0.3 is 0 Å². The SMILES string of the molecule is COc1cc(CC(C)C(CO)C(OC)c2ccc(O)c(OC)c2)ccc1O. The van der Waals surface area contributed by atoms with Crippen LogP contribution < -0.4 is 9.47 Å². The molecule has 2 aromatic carbocycles. The fourth-order valence-electron chi connectivity index (χ4n) is 3.38. The molecule has 0 heterocycles. The van der Waals surface area contributed by atoms with Gasteiger partial charge in [0.25, 0.3) is 0 Å². The van der Waals surface area contributed by atoms with E-state index in [0.717, 1.165) is 11.1 Å². The van der Waals surface area contributed by atoms with Crippen molar-refractivity contribution in [2.45, 2.75) is 19.4 Å². The molecule has 3 N–H and O–H groups in total. The third-order valence-corrected chi connectivity index (χ3v) is 4.92. The van der Waals surface area contributed by atoms with Crippen LogP contribution in [-0.2, 0) is 11.2 Å². The van der Waals surface area contributed by atoms with Gasteiger partial charge in [-0.2, -0.15) is 0 Å². The second kappa shape index (κ2) is 9.48. The fourth-order valence-corrected chi connectivity index (χ4v) is 3.38. The Morgan fingerprint density at radius 3 is 2.04 bits per heavy atom. The summed E-state index contributed by atoms with van der Waals surface area (Å²) in [5.41, 5.74) is 1.81. The number of ether oxygens (including phenoxy) is 3. The third kappa shape index (κ3) is 4.84. The molecule has 6 nitrogen and oxygen atoms in total. The second-order valence-electron chi connectivity index (χ2n) is 6.62. The van der Waals surface area contributed by atoms with Gasteiger partial charge in [0.1, 0.15) is 0 Å². The Morgan fingerprint density at radius 2 is 1.48 bits per heavy atom. The lowest BCUT2D eigenvalue weighted by molar-refractivity contribution is 0.000939. The summed E-state index contributed by atoms with van der Waals surface area (Å²) in [7, 11) is 4.60. The molecule has 3 atom stereocenters. The molecule has 148 valence electrons. The van der Waals surface area contributed by atoms with Crippen molar-refractivity contribution in [2.75, 3.05) is 27.9 Å². The standard InChI is InChI=1S/C21H28O6/c1-13(9-14-5-7-17(23)19(10-14)25-2)16(12-22)21(27-4)15-6-8-18(24)20(11-15)26-3/h5-8,10-11,13,16,21-24H,9,12H2,1-4H3. The van der Waals surface area contributed by atoms with E-state index in [2.05, 4.69) is 0 Å². The molecule has 0 aliphatic heterocycles. The summed E-state index contributed by atoms with van der Waals surface area (Å²) < 4.78 is 16.0. The number of aliphatic hydroxyl groups excluding tert-OH is 1. The van der Waals surface area contributed by atoms with Crippen LogP contribution >= 0.6 is 0 Å². The number of hydrogen-bond donors (Lipinski definition) is 3. The van der Waals surface area contributed by atoms with Crippen molar-refractivity contribution in [3.05, 3.63) is 47.5 Å². The quantitative estimate of drug-likeness (QED) is 0.622. The molecule has 2 rings (SSSR count). The average molecular weight is 376 g/mol. The van der Waals surface area contributed by atoms with Gasteiger partial charge in [0.05, 0.1) is 20.3 Å². The monoisotopic (exact) mass is 376 g/mol. The van der Waals surface area contributed by atoms with Crippen molar-refractivity contribution in [3.63, 3.8) is 0 Å². The van der Waals surface area contributed by atoms with Crippen LogP contribution in [0.2, 0.25) is 0 Å². The molecule has 0 aliphatic carbocycles. The molecule has 0 aliphatic rings. The van der Waals surface area contributed by atoms with Gasteiger partial charge < -0.3 is 29.5 Å². The number of rotatable bonds is 9. The van der Waals surface area contributed by atoms with E-state index < -0.39 is 0 Å². The molecule has 0 spiro atoms. The number of methoxy groups -OCH3 is 3. The predicted molar refractivity (Wildman–Crippen MR) is 103 cm³/mol. The number of phenols is 2. The van der Waals surface area contributed by atoms with Crippen LogP contribution in [0.5, 0.6) is 23.0 Å². The number of hydrogen-bond acceptors (Lipinski definition) is 6. The Bertz CT molecular complexity index is 745. The van der Waals surface area contributed by atoms with Crippen molar-refractivity contribution >= 4 is 0 Å². The predicted octanol–water partition coefficient (Wildman–Crippen LogP) is 3.29. The first kappa shape index (κ1) is 20.9. The molecule has 0 saturated carbocycles. The molecule has 0 saturated heterocycles. The molecule has 2 aromatic rings. The maximum Gasteiger partial charge on any atom is 0.160 e. The van der Waals surface area contributed by atoms with Crippen LogP contribution in [0.25, 0.3) is 0 Å². The van der Waals surface area contributed by atoms with Crippen molar-refractivity contribution in [2.24, 2.45) is 11.8 Å². The minimum atomic E-state index is -0.362. The van der Waals surface area contributed by atoms with Crippen molar-refractivity contribution in [3.8, 4) is 23.0 Å². The highest BCUT2D eigenvalue weighted by Crippen LogP contribution is 2.37. The topological polar surface area (TPSA) is 88.4 Å². The van der Waals surface area contributed by atoms with Crippen LogP contribution in [0.3, 0.4) is 0 Å². The van der Waals surface area contributed by atoms with E-state index in [1.807, 2.05) is 13.0 Å². The molecular formula is C21H28O6. The zero-order valence-corrected chi connectivity index (χ0v) is 16.2. The van der Waals surface area contributed by atoms with Crippen LogP contribution in [0.15, 0.2) is 36.4 Å². The Balaban J connectivity index is 2.24. The van der Waals surface area contributed by atoms with E-state index in [1.54, 1.807) is 37.4 Å². The highest BCUT2D eigenvalue weighted by Gasteiger charge is 2.29. The number of aliphatic hydroxyl groups is 1. The fraction of sp³-hybridized carbons (Fsp3) is 0.429. The van der Waals surface area contributed by atoms with Crippen LogP contribution in [-0.4, -0.2) is 43.3 Å². The van der Waals surface area contributed by atoms with Gasteiger partial charge in [-0.05, 0) is 47.7 Å². The first-order valence-electron chi connectivity index (χ1n) is 8.81. The van der Waals surface area contributed by atoms with E-state index in [1.165, 1.54) is 14.2 Å². The molecular weight excluding hydrogens is 348 g/mol. The van der Waals surface area contributed by atoms with E-state index in [0.29, 0.717) is 17.9 Å². The van der Waals surface area contributed by atoms with Gasteiger partial charge in [0.2, 0.25) is 0 Å². The zero-order valence-electron chi connectivity index (χ0n) is 16.2. The van der Waals surface area contributed by atoms with Gasteiger partial charge in [0.15, 0.2) is 23.0 Å². The van der Waals surface area contributed by atoms with Gasteiger partial charge in [-0.15, -0.1) is 0 Å². The smallest absolute Gasteiger partial charge is 0.160 e. The van der Waals surface area contributed by atoms with Gasteiger partial charge in [-0.1, -0.05) is 19.1 Å². The van der Waals surface area contributed by atoms with Crippen LogP contribution in [0.4, 0.5) is 0 Å². The Kier molecular flexibility index (Phi) is 7.33. The molecule has 3 unspecified atom stereocenters. The summed E-state index contributed by atoms with van der Waals surface area (Å²) in [6.07, 6.45) is 0.315. The third-order valence-electron chi connectivity index (χ3n) is 4.92. The first-order chi connectivity index (χ1) is 12.9. The van der Waals surface area contributed by atoms with E-state index in [-0.39, 0.29) is 36.0 Å². The minimum Gasteiger partial charge on any atom is -0.504 e. The summed E-state index contributed by atoms with van der Waals surface area (Å²) in [5.74, 6) is 0.839. The number of benzene rings is 2. The normalized spacial score (nSPS) is 14.4. The summed E-state index contributed by atoms with van der Waals surface area (Å²) in [5, 5.41) is 29.6. The summed E-state index contributed by atoms with van der Waals surface area (Å²) in [4.78, 5) is 0. The summed E-state index contributed by atoms with van der Waals surface area (Å²) in [6.45, 7) is 1.99. The zero-order chi connectivity index (χ0) is 20.0. The lowest BCUT2D eigenvalue weighted by Gasteiger charge is -2.30. The molecule has 0 fully saturated rings. The maximum atomic E-state index is 10.0. The number of aromatic hydroxyl groups is 2. The molecule has 0 aromatic heterocycles. The highest BCUT2D eigenvalue weighted by atomic mass is 16.5.